The van der Waals surface area contributed by atoms with Crippen LogP contribution in [0.25, 0.3) is 0 Å². The van der Waals surface area contributed by atoms with Gasteiger partial charge in [0.2, 0.25) is 0 Å². The maximum Gasteiger partial charge on any atom is 0.252 e. The Bertz CT molecular complexity index is 597. The van der Waals surface area contributed by atoms with Crippen molar-refractivity contribution in [2.75, 3.05) is 0 Å². The summed E-state index contributed by atoms with van der Waals surface area (Å²) in [5, 5.41) is 3.08. The van der Waals surface area contributed by atoms with E-state index in [2.05, 4.69) is 31.3 Å². The summed E-state index contributed by atoms with van der Waals surface area (Å²) < 4.78 is 0. The quantitative estimate of drug-likeness (QED) is 0.737. The summed E-state index contributed by atoms with van der Waals surface area (Å²) in [5.74, 6) is 0.896. The number of hydrogen-bond acceptors (Lipinski definition) is 2. The molecule has 2 aromatic rings. The van der Waals surface area contributed by atoms with Gasteiger partial charge in [0, 0.05) is 16.7 Å². The predicted octanol–water partition coefficient (Wildman–Crippen LogP) is 4.90. The molecular formula is C19H23NOS. The normalized spacial score (nSPS) is 11.9. The molecule has 0 spiro atoms. The van der Waals surface area contributed by atoms with E-state index in [1.54, 1.807) is 11.8 Å². The van der Waals surface area contributed by atoms with E-state index in [0.717, 1.165) is 29.1 Å². The number of hydrogen-bond donors (Lipinski definition) is 1. The molecule has 0 aliphatic carbocycles. The summed E-state index contributed by atoms with van der Waals surface area (Å²) in [5.41, 5.74) is 2.04. The van der Waals surface area contributed by atoms with Gasteiger partial charge in [0.1, 0.15) is 0 Å². The van der Waals surface area contributed by atoms with Crippen LogP contribution in [0, 0.1) is 0 Å². The fourth-order valence-corrected chi connectivity index (χ4v) is 3.33. The monoisotopic (exact) mass is 313 g/mol. The Hall–Kier alpha value is -1.74. The van der Waals surface area contributed by atoms with Crippen LogP contribution in [-0.2, 0) is 5.75 Å². The van der Waals surface area contributed by atoms with E-state index in [4.69, 9.17) is 0 Å². The number of amides is 1. The van der Waals surface area contributed by atoms with Gasteiger partial charge in [-0.1, -0.05) is 55.8 Å². The highest BCUT2D eigenvalue weighted by Crippen LogP contribution is 2.26. The van der Waals surface area contributed by atoms with Gasteiger partial charge in [0.25, 0.3) is 5.91 Å². The first-order valence-electron chi connectivity index (χ1n) is 7.77. The van der Waals surface area contributed by atoms with E-state index in [1.165, 1.54) is 5.56 Å². The molecule has 0 heterocycles. The molecular weight excluding hydrogens is 290 g/mol. The van der Waals surface area contributed by atoms with Crippen LogP contribution in [0.4, 0.5) is 0 Å². The molecule has 0 aromatic heterocycles. The third-order valence-corrected chi connectivity index (χ3v) is 4.61. The van der Waals surface area contributed by atoms with Crippen molar-refractivity contribution in [3.05, 3.63) is 65.7 Å². The van der Waals surface area contributed by atoms with Gasteiger partial charge in [0.05, 0.1) is 5.56 Å². The molecule has 0 bridgehead atoms. The van der Waals surface area contributed by atoms with Crippen LogP contribution in [0.5, 0.6) is 0 Å². The minimum Gasteiger partial charge on any atom is -0.350 e. The number of carbonyl (C=O) groups excluding carboxylic acids is 1. The highest BCUT2D eigenvalue weighted by Gasteiger charge is 2.13. The molecule has 0 fully saturated rings. The Morgan fingerprint density at radius 1 is 1.09 bits per heavy atom. The molecule has 0 aliphatic rings. The molecule has 3 heteroatoms. The van der Waals surface area contributed by atoms with Gasteiger partial charge in [-0.05, 0) is 31.0 Å². The molecule has 1 atom stereocenters. The third-order valence-electron chi connectivity index (χ3n) is 3.47. The zero-order valence-electron chi connectivity index (χ0n) is 13.2. The predicted molar refractivity (Wildman–Crippen MR) is 94.3 cm³/mol. The van der Waals surface area contributed by atoms with Gasteiger partial charge in [0.15, 0.2) is 0 Å². The van der Waals surface area contributed by atoms with E-state index in [9.17, 15) is 4.79 Å². The maximum absolute atomic E-state index is 12.4. The van der Waals surface area contributed by atoms with Crippen LogP contribution in [0.3, 0.4) is 0 Å². The van der Waals surface area contributed by atoms with Gasteiger partial charge in [-0.3, -0.25) is 4.79 Å². The Balaban J connectivity index is 2.04. The Morgan fingerprint density at radius 3 is 2.50 bits per heavy atom. The number of rotatable bonds is 7. The van der Waals surface area contributed by atoms with Crippen molar-refractivity contribution >= 4 is 17.7 Å². The molecule has 0 aliphatic heterocycles. The lowest BCUT2D eigenvalue weighted by Gasteiger charge is -2.14. The van der Waals surface area contributed by atoms with Crippen LogP contribution >= 0.6 is 11.8 Å². The van der Waals surface area contributed by atoms with Crippen molar-refractivity contribution < 1.29 is 4.79 Å². The van der Waals surface area contributed by atoms with Crippen LogP contribution in [0.2, 0.25) is 0 Å². The minimum atomic E-state index is 0.0251. The fraction of sp³-hybridized carbons (Fsp3) is 0.316. The number of nitrogens with one attached hydrogen (secondary N) is 1. The van der Waals surface area contributed by atoms with Crippen LogP contribution in [-0.4, -0.2) is 11.9 Å². The first-order valence-corrected chi connectivity index (χ1v) is 8.76. The molecule has 0 saturated heterocycles. The average Bonchev–Trinajstić information content (AvgIpc) is 2.54. The van der Waals surface area contributed by atoms with E-state index in [1.807, 2.05) is 42.5 Å². The van der Waals surface area contributed by atoms with Crippen molar-refractivity contribution in [2.24, 2.45) is 0 Å². The van der Waals surface area contributed by atoms with Gasteiger partial charge in [-0.15, -0.1) is 11.8 Å². The van der Waals surface area contributed by atoms with Crippen LogP contribution < -0.4 is 5.32 Å². The largest absolute Gasteiger partial charge is 0.350 e. The Kier molecular flexibility index (Phi) is 6.53. The lowest BCUT2D eigenvalue weighted by atomic mass is 10.1. The molecule has 0 unspecified atom stereocenters. The van der Waals surface area contributed by atoms with Crippen molar-refractivity contribution in [1.29, 1.82) is 0 Å². The topological polar surface area (TPSA) is 29.1 Å². The first kappa shape index (κ1) is 16.6. The average molecular weight is 313 g/mol. The maximum atomic E-state index is 12.4. The second-order valence-electron chi connectivity index (χ2n) is 5.43. The summed E-state index contributed by atoms with van der Waals surface area (Å²) in [6, 6.07) is 18.4. The minimum absolute atomic E-state index is 0.0251. The lowest BCUT2D eigenvalue weighted by Crippen LogP contribution is -2.32. The molecule has 116 valence electrons. The first-order chi connectivity index (χ1) is 10.7. The van der Waals surface area contributed by atoms with Crippen molar-refractivity contribution in [2.45, 2.75) is 43.4 Å². The zero-order chi connectivity index (χ0) is 15.8. The second-order valence-corrected chi connectivity index (χ2v) is 6.45. The molecule has 1 N–H and O–H groups in total. The van der Waals surface area contributed by atoms with Gasteiger partial charge < -0.3 is 5.32 Å². The smallest absolute Gasteiger partial charge is 0.252 e. The summed E-state index contributed by atoms with van der Waals surface area (Å²) in [7, 11) is 0. The second kappa shape index (κ2) is 8.64. The SMILES string of the molecule is CCC[C@H](C)NC(=O)c1ccccc1SCc1ccccc1. The molecule has 1 amide bonds. The van der Waals surface area contributed by atoms with Crippen LogP contribution in [0.15, 0.2) is 59.5 Å². The Labute approximate surface area is 137 Å². The number of thioether (sulfide) groups is 1. The summed E-state index contributed by atoms with van der Waals surface area (Å²) in [6.07, 6.45) is 2.08. The molecule has 0 radical (unpaired) electrons. The number of benzene rings is 2. The third kappa shape index (κ3) is 4.92. The molecule has 2 aromatic carbocycles. The van der Waals surface area contributed by atoms with E-state index >= 15 is 0 Å². The van der Waals surface area contributed by atoms with Crippen molar-refractivity contribution in [3.8, 4) is 0 Å². The summed E-state index contributed by atoms with van der Waals surface area (Å²) >= 11 is 1.71. The fourth-order valence-electron chi connectivity index (χ4n) is 2.32. The van der Waals surface area contributed by atoms with Gasteiger partial charge in [-0.25, -0.2) is 0 Å². The molecule has 2 rings (SSSR count). The lowest BCUT2D eigenvalue weighted by molar-refractivity contribution is 0.0935. The highest BCUT2D eigenvalue weighted by molar-refractivity contribution is 7.98. The van der Waals surface area contributed by atoms with Crippen LogP contribution in [0.1, 0.15) is 42.6 Å². The van der Waals surface area contributed by atoms with Gasteiger partial charge >= 0.3 is 0 Å². The molecule has 0 saturated carbocycles. The summed E-state index contributed by atoms with van der Waals surface area (Å²) in [4.78, 5) is 13.5. The highest BCUT2D eigenvalue weighted by atomic mass is 32.2. The standard InChI is InChI=1S/C19H23NOS/c1-3-9-15(2)20-19(21)17-12-7-8-13-18(17)22-14-16-10-5-4-6-11-16/h4-8,10-13,15H,3,9,14H2,1-2H3,(H,20,21)/t15-/m0/s1. The van der Waals surface area contributed by atoms with E-state index in [-0.39, 0.29) is 11.9 Å². The molecule has 22 heavy (non-hydrogen) atoms. The summed E-state index contributed by atoms with van der Waals surface area (Å²) in [6.45, 7) is 4.19. The van der Waals surface area contributed by atoms with E-state index < -0.39 is 0 Å². The molecule has 2 nitrogen and oxygen atoms in total. The zero-order valence-corrected chi connectivity index (χ0v) is 14.0. The van der Waals surface area contributed by atoms with Gasteiger partial charge in [-0.2, -0.15) is 0 Å². The number of carbonyl (C=O) groups is 1. The Morgan fingerprint density at radius 2 is 1.77 bits per heavy atom. The van der Waals surface area contributed by atoms with Crippen molar-refractivity contribution in [1.82, 2.24) is 5.32 Å². The van der Waals surface area contributed by atoms with E-state index in [0.29, 0.717) is 0 Å². The van der Waals surface area contributed by atoms with Crippen molar-refractivity contribution in [3.63, 3.8) is 0 Å².